The molecule has 2 rings (SSSR count). The molecule has 0 aliphatic carbocycles. The second-order valence-corrected chi connectivity index (χ2v) is 10.7. The quantitative estimate of drug-likeness (QED) is 0.433. The summed E-state index contributed by atoms with van der Waals surface area (Å²) in [5.74, 6) is -0.512. The molecule has 0 fully saturated rings. The highest BCUT2D eigenvalue weighted by Gasteiger charge is 2.32. The highest BCUT2D eigenvalue weighted by atomic mass is 32.2. The van der Waals surface area contributed by atoms with Gasteiger partial charge in [-0.1, -0.05) is 31.2 Å². The number of carbonyl (C=O) groups excluding carboxylic acids is 3. The van der Waals surface area contributed by atoms with Gasteiger partial charge in [0.25, 0.3) is 0 Å². The molecule has 2 amide bonds. The Balaban J connectivity index is 2.49. The average Bonchev–Trinajstić information content (AvgIpc) is 2.81. The molecule has 0 saturated carbocycles. The molecular weight excluding hydrogens is 482 g/mol. The van der Waals surface area contributed by atoms with Gasteiger partial charge in [-0.15, -0.1) is 0 Å². The predicted octanol–water partition coefficient (Wildman–Crippen LogP) is 3.00. The van der Waals surface area contributed by atoms with E-state index in [1.165, 1.54) is 31.1 Å². The number of ether oxygens (including phenoxy) is 1. The van der Waals surface area contributed by atoms with Gasteiger partial charge in [-0.2, -0.15) is 0 Å². The lowest BCUT2D eigenvalue weighted by Gasteiger charge is -2.33. The lowest BCUT2D eigenvalue weighted by Crippen LogP contribution is -2.53. The molecule has 9 nitrogen and oxygen atoms in total. The summed E-state index contributed by atoms with van der Waals surface area (Å²) in [6, 6.07) is 12.3. The minimum absolute atomic E-state index is 0.0745. The van der Waals surface area contributed by atoms with Crippen molar-refractivity contribution in [3.8, 4) is 5.75 Å². The molecule has 0 aromatic heterocycles. The van der Waals surface area contributed by atoms with Gasteiger partial charge in [0.05, 0.1) is 19.1 Å². The molecule has 0 aliphatic heterocycles. The van der Waals surface area contributed by atoms with Crippen molar-refractivity contribution in [2.24, 2.45) is 0 Å². The number of methoxy groups -OCH3 is 1. The van der Waals surface area contributed by atoms with Crippen molar-refractivity contribution in [2.45, 2.75) is 52.7 Å². The summed E-state index contributed by atoms with van der Waals surface area (Å²) >= 11 is 0. The first-order valence-corrected chi connectivity index (χ1v) is 13.5. The van der Waals surface area contributed by atoms with Crippen LogP contribution in [0.15, 0.2) is 48.5 Å². The monoisotopic (exact) mass is 517 g/mol. The first-order chi connectivity index (χ1) is 16.9. The molecule has 0 saturated heterocycles. The van der Waals surface area contributed by atoms with E-state index in [1.807, 2.05) is 13.8 Å². The van der Waals surface area contributed by atoms with E-state index in [2.05, 4.69) is 5.32 Å². The molecule has 0 heterocycles. The largest absolute Gasteiger partial charge is 0.497 e. The fraction of sp³-hybridized carbons (Fsp3) is 0.423. The summed E-state index contributed by atoms with van der Waals surface area (Å²) in [5.41, 5.74) is 1.24. The summed E-state index contributed by atoms with van der Waals surface area (Å²) in [6.45, 7) is 6.37. The number of anilines is 1. The summed E-state index contributed by atoms with van der Waals surface area (Å²) in [5, 5.41) is 2.85. The molecule has 2 aromatic carbocycles. The van der Waals surface area contributed by atoms with Crippen molar-refractivity contribution < 1.29 is 27.5 Å². The van der Waals surface area contributed by atoms with E-state index in [1.54, 1.807) is 43.3 Å². The Bertz CT molecular complexity index is 1200. The molecule has 0 bridgehead atoms. The maximum Gasteiger partial charge on any atom is 0.244 e. The van der Waals surface area contributed by atoms with Crippen LogP contribution in [-0.2, 0) is 26.2 Å². The van der Waals surface area contributed by atoms with E-state index >= 15 is 0 Å². The number of rotatable bonds is 12. The number of nitrogens with zero attached hydrogens (tertiary/aromatic N) is 2. The highest BCUT2D eigenvalue weighted by molar-refractivity contribution is 7.92. The smallest absolute Gasteiger partial charge is 0.244 e. The van der Waals surface area contributed by atoms with Crippen molar-refractivity contribution in [1.29, 1.82) is 0 Å². The van der Waals surface area contributed by atoms with Crippen LogP contribution in [0.1, 0.15) is 50.0 Å². The molecule has 0 radical (unpaired) electrons. The molecule has 36 heavy (non-hydrogen) atoms. The fourth-order valence-electron chi connectivity index (χ4n) is 3.76. The fourth-order valence-corrected chi connectivity index (χ4v) is 4.60. The van der Waals surface area contributed by atoms with Gasteiger partial charge in [0.2, 0.25) is 21.8 Å². The summed E-state index contributed by atoms with van der Waals surface area (Å²) in [4.78, 5) is 39.9. The van der Waals surface area contributed by atoms with Crippen LogP contribution in [0.3, 0.4) is 0 Å². The number of benzene rings is 2. The number of ketones is 1. The molecule has 1 atom stereocenters. The van der Waals surface area contributed by atoms with Crippen LogP contribution in [0.4, 0.5) is 5.69 Å². The van der Waals surface area contributed by atoms with Crippen LogP contribution in [0, 0.1) is 0 Å². The minimum atomic E-state index is -3.89. The van der Waals surface area contributed by atoms with Crippen LogP contribution < -0.4 is 14.4 Å². The minimum Gasteiger partial charge on any atom is -0.497 e. The number of hydrogen-bond donors (Lipinski definition) is 1. The Labute approximate surface area is 213 Å². The maximum atomic E-state index is 13.7. The molecule has 2 aromatic rings. The number of hydrogen-bond acceptors (Lipinski definition) is 6. The van der Waals surface area contributed by atoms with E-state index < -0.39 is 28.5 Å². The van der Waals surface area contributed by atoms with E-state index in [9.17, 15) is 22.8 Å². The molecular formula is C26H35N3O6S. The third kappa shape index (κ3) is 7.81. The van der Waals surface area contributed by atoms with Gasteiger partial charge >= 0.3 is 0 Å². The zero-order valence-electron chi connectivity index (χ0n) is 21.6. The lowest BCUT2D eigenvalue weighted by atomic mass is 10.1. The van der Waals surface area contributed by atoms with Crippen molar-refractivity contribution in [1.82, 2.24) is 10.2 Å². The van der Waals surface area contributed by atoms with Gasteiger partial charge < -0.3 is 15.0 Å². The molecule has 196 valence electrons. The van der Waals surface area contributed by atoms with Crippen molar-refractivity contribution >= 4 is 33.3 Å². The Morgan fingerprint density at radius 3 is 2.28 bits per heavy atom. The number of amides is 2. The SMILES string of the molecule is CC[C@H](C(=O)NC(C)C)N(Cc1cccc(OC)c1)C(=O)CN(c1cccc(C(C)=O)c1)S(C)(=O)=O. The van der Waals surface area contributed by atoms with E-state index in [-0.39, 0.29) is 30.0 Å². The standard InChI is InChI=1S/C26H35N3O6S/c1-7-24(26(32)27-18(2)3)28(16-20-10-8-13-23(14-20)35-5)25(31)17-29(36(6,33)34)22-12-9-11-21(15-22)19(4)30/h8-15,18,24H,7,16-17H2,1-6H3,(H,27,32)/t24-/m1/s1. The highest BCUT2D eigenvalue weighted by Crippen LogP contribution is 2.22. The number of sulfonamides is 1. The predicted molar refractivity (Wildman–Crippen MR) is 140 cm³/mol. The third-order valence-corrected chi connectivity index (χ3v) is 6.66. The van der Waals surface area contributed by atoms with Gasteiger partial charge in [-0.05, 0) is 57.0 Å². The van der Waals surface area contributed by atoms with E-state index in [0.717, 1.165) is 16.1 Å². The molecule has 0 spiro atoms. The van der Waals surface area contributed by atoms with Crippen LogP contribution in [0.2, 0.25) is 0 Å². The first kappa shape index (κ1) is 28.8. The Kier molecular flexibility index (Phi) is 10.0. The Morgan fingerprint density at radius 2 is 1.72 bits per heavy atom. The molecule has 1 N–H and O–H groups in total. The maximum absolute atomic E-state index is 13.7. The molecule has 10 heteroatoms. The second kappa shape index (κ2) is 12.5. The first-order valence-electron chi connectivity index (χ1n) is 11.7. The number of Topliss-reactive ketones (excluding diaryl/α,β-unsaturated/α-hetero) is 1. The van der Waals surface area contributed by atoms with Crippen LogP contribution in [0.5, 0.6) is 5.75 Å². The van der Waals surface area contributed by atoms with Crippen LogP contribution in [-0.4, -0.2) is 62.9 Å². The van der Waals surface area contributed by atoms with Gasteiger partial charge in [-0.3, -0.25) is 18.7 Å². The van der Waals surface area contributed by atoms with Gasteiger partial charge in [0.15, 0.2) is 5.78 Å². The lowest BCUT2D eigenvalue weighted by molar-refractivity contribution is -0.140. The Morgan fingerprint density at radius 1 is 1.06 bits per heavy atom. The topological polar surface area (TPSA) is 113 Å². The Hall–Kier alpha value is -3.40. The number of carbonyl (C=O) groups is 3. The summed E-state index contributed by atoms with van der Waals surface area (Å²) < 4.78 is 31.6. The van der Waals surface area contributed by atoms with Crippen molar-refractivity contribution in [3.63, 3.8) is 0 Å². The van der Waals surface area contributed by atoms with Crippen molar-refractivity contribution in [2.75, 3.05) is 24.2 Å². The average molecular weight is 518 g/mol. The van der Waals surface area contributed by atoms with Crippen LogP contribution in [0.25, 0.3) is 0 Å². The number of nitrogens with one attached hydrogen (secondary N) is 1. The molecule has 0 aliphatic rings. The van der Waals surface area contributed by atoms with Gasteiger partial charge in [0.1, 0.15) is 18.3 Å². The second-order valence-electron chi connectivity index (χ2n) is 8.84. The van der Waals surface area contributed by atoms with Gasteiger partial charge in [-0.25, -0.2) is 8.42 Å². The summed E-state index contributed by atoms with van der Waals surface area (Å²) in [7, 11) is -2.36. The summed E-state index contributed by atoms with van der Waals surface area (Å²) in [6.07, 6.45) is 1.32. The third-order valence-electron chi connectivity index (χ3n) is 5.52. The van der Waals surface area contributed by atoms with Crippen molar-refractivity contribution in [3.05, 3.63) is 59.7 Å². The van der Waals surface area contributed by atoms with Gasteiger partial charge in [0, 0.05) is 18.2 Å². The van der Waals surface area contributed by atoms with Crippen LogP contribution >= 0.6 is 0 Å². The normalized spacial score (nSPS) is 12.1. The van der Waals surface area contributed by atoms with E-state index in [4.69, 9.17) is 4.74 Å². The zero-order chi connectivity index (χ0) is 27.0. The van der Waals surface area contributed by atoms with E-state index in [0.29, 0.717) is 17.7 Å². The molecule has 0 unspecified atom stereocenters. The zero-order valence-corrected chi connectivity index (χ0v) is 22.5.